The average Bonchev–Trinajstić information content (AvgIpc) is 3.13. The summed E-state index contributed by atoms with van der Waals surface area (Å²) < 4.78 is 13.1. The van der Waals surface area contributed by atoms with Crippen LogP contribution in [0.3, 0.4) is 0 Å². The van der Waals surface area contributed by atoms with Crippen LogP contribution in [0.4, 0.5) is 0 Å². The molecule has 0 amide bonds. The van der Waals surface area contributed by atoms with Crippen molar-refractivity contribution in [2.24, 2.45) is 23.7 Å². The summed E-state index contributed by atoms with van der Waals surface area (Å²) in [5, 5.41) is 23.6. The van der Waals surface area contributed by atoms with Crippen LogP contribution in [0.25, 0.3) is 0 Å². The second kappa shape index (κ2) is 9.42. The predicted octanol–water partition coefficient (Wildman–Crippen LogP) is 4.15. The summed E-state index contributed by atoms with van der Waals surface area (Å²) in [6, 6.07) is 0. The topological polar surface area (TPSA) is 93.1 Å². The van der Waals surface area contributed by atoms with E-state index >= 15 is 0 Å². The molecule has 9 atom stereocenters. The van der Waals surface area contributed by atoms with Gasteiger partial charge in [-0.2, -0.15) is 0 Å². The smallest absolute Gasteiger partial charge is 0.167 e. The first-order chi connectivity index (χ1) is 16.0. The zero-order valence-electron chi connectivity index (χ0n) is 21.5. The summed E-state index contributed by atoms with van der Waals surface area (Å²) in [6.45, 7) is 12.3. The maximum atomic E-state index is 13.7. The van der Waals surface area contributed by atoms with Crippen molar-refractivity contribution in [2.45, 2.75) is 121 Å². The summed E-state index contributed by atoms with van der Waals surface area (Å²) in [5.74, 6) is -0.449. The van der Waals surface area contributed by atoms with Crippen molar-refractivity contribution in [3.05, 3.63) is 12.2 Å². The van der Waals surface area contributed by atoms with Gasteiger partial charge >= 0.3 is 0 Å². The van der Waals surface area contributed by atoms with Gasteiger partial charge in [-0.25, -0.2) is 0 Å². The molecule has 6 nitrogen and oxygen atoms in total. The number of fused-ring (bicyclic) bond motifs is 2. The molecule has 0 aromatic heterocycles. The van der Waals surface area contributed by atoms with Gasteiger partial charge in [0, 0.05) is 25.2 Å². The number of carbonyl (C=O) groups excluding carboxylic acids is 2. The van der Waals surface area contributed by atoms with Crippen LogP contribution in [0, 0.1) is 23.7 Å². The number of ether oxygens (including phenoxy) is 2. The largest absolute Gasteiger partial charge is 0.390 e. The molecule has 192 valence electrons. The van der Waals surface area contributed by atoms with E-state index in [9.17, 15) is 19.8 Å². The fraction of sp³-hybridized carbons (Fsp3) is 0.857. The van der Waals surface area contributed by atoms with Gasteiger partial charge in [-0.1, -0.05) is 46.1 Å². The van der Waals surface area contributed by atoms with Gasteiger partial charge in [0.05, 0.1) is 24.4 Å². The number of carbonyl (C=O) groups is 2. The summed E-state index contributed by atoms with van der Waals surface area (Å²) in [7, 11) is 0. The molecule has 3 saturated heterocycles. The van der Waals surface area contributed by atoms with Gasteiger partial charge in [-0.15, -0.1) is 0 Å². The Bertz CT molecular complexity index is 820. The number of ketones is 2. The Hall–Kier alpha value is -1.08. The highest BCUT2D eigenvalue weighted by Crippen LogP contribution is 2.59. The van der Waals surface area contributed by atoms with Crippen LogP contribution in [-0.2, 0) is 19.1 Å². The molecule has 0 radical (unpaired) electrons. The highest BCUT2D eigenvalue weighted by Gasteiger charge is 2.70. The molecule has 9 unspecified atom stereocenters. The standard InChI is InChI=1S/C28H44O6/c1-6-7-8-9-10-11-22(30)28(32)15-20(29)17(2)14-21-24-23-19(12-13-26(24,4)31)18(3)16-33-27(28,5)25(23)34-21/h18-19,21,23-25,31-32H,2,6-16H2,1,3-5H3. The Morgan fingerprint density at radius 2 is 1.88 bits per heavy atom. The Morgan fingerprint density at radius 3 is 2.59 bits per heavy atom. The van der Waals surface area contributed by atoms with Crippen molar-refractivity contribution in [2.75, 3.05) is 6.61 Å². The molecule has 4 fully saturated rings. The maximum absolute atomic E-state index is 13.7. The van der Waals surface area contributed by atoms with E-state index in [4.69, 9.17) is 9.47 Å². The van der Waals surface area contributed by atoms with Crippen molar-refractivity contribution < 1.29 is 29.3 Å². The van der Waals surface area contributed by atoms with E-state index in [2.05, 4.69) is 20.4 Å². The van der Waals surface area contributed by atoms with Crippen molar-refractivity contribution in [3.63, 3.8) is 0 Å². The number of aliphatic hydroxyl groups is 2. The molecule has 1 aliphatic carbocycles. The Labute approximate surface area is 204 Å². The lowest BCUT2D eigenvalue weighted by Gasteiger charge is -2.50. The number of rotatable bonds is 7. The van der Waals surface area contributed by atoms with Crippen molar-refractivity contribution in [3.8, 4) is 0 Å². The Kier molecular flexibility index (Phi) is 7.20. The van der Waals surface area contributed by atoms with E-state index in [1.54, 1.807) is 6.92 Å². The molecule has 6 heteroatoms. The van der Waals surface area contributed by atoms with Crippen molar-refractivity contribution in [1.82, 2.24) is 0 Å². The lowest BCUT2D eigenvalue weighted by atomic mass is 9.56. The van der Waals surface area contributed by atoms with Gasteiger partial charge in [0.2, 0.25) is 0 Å². The first-order valence-corrected chi connectivity index (χ1v) is 13.4. The normalized spacial score (nSPS) is 46.4. The van der Waals surface area contributed by atoms with E-state index < -0.39 is 22.9 Å². The zero-order valence-corrected chi connectivity index (χ0v) is 21.5. The lowest BCUT2D eigenvalue weighted by molar-refractivity contribution is -0.225. The SMILES string of the molecule is C=C1CC2OC3C4C(CCC(C)(O)C24)C(C)COC3(C)C(O)(C(=O)CCCCCCC)CC1=O. The number of hydrogen-bond donors (Lipinski definition) is 2. The second-order valence-electron chi connectivity index (χ2n) is 12.0. The quantitative estimate of drug-likeness (QED) is 0.424. The molecule has 3 aliphatic heterocycles. The highest BCUT2D eigenvalue weighted by atomic mass is 16.6. The fourth-order valence-corrected chi connectivity index (χ4v) is 7.49. The van der Waals surface area contributed by atoms with E-state index in [1.165, 1.54) is 0 Å². The number of unbranched alkanes of at least 4 members (excludes halogenated alkanes) is 4. The van der Waals surface area contributed by atoms with Crippen LogP contribution in [-0.4, -0.2) is 57.4 Å². The molecule has 2 bridgehead atoms. The van der Waals surface area contributed by atoms with Gasteiger partial charge < -0.3 is 19.7 Å². The van der Waals surface area contributed by atoms with Crippen LogP contribution in [0.15, 0.2) is 12.2 Å². The summed E-state index contributed by atoms with van der Waals surface area (Å²) >= 11 is 0. The average molecular weight is 477 g/mol. The van der Waals surface area contributed by atoms with Crippen LogP contribution in [0.2, 0.25) is 0 Å². The minimum atomic E-state index is -2.00. The first-order valence-electron chi connectivity index (χ1n) is 13.4. The van der Waals surface area contributed by atoms with Crippen LogP contribution >= 0.6 is 0 Å². The fourth-order valence-electron chi connectivity index (χ4n) is 7.49. The monoisotopic (exact) mass is 476 g/mol. The van der Waals surface area contributed by atoms with E-state index in [0.717, 1.165) is 32.1 Å². The molecule has 34 heavy (non-hydrogen) atoms. The molecule has 1 saturated carbocycles. The first kappa shape index (κ1) is 26.0. The third kappa shape index (κ3) is 4.12. The third-order valence-electron chi connectivity index (χ3n) is 9.65. The van der Waals surface area contributed by atoms with E-state index in [-0.39, 0.29) is 54.2 Å². The lowest BCUT2D eigenvalue weighted by Crippen LogP contribution is -2.67. The minimum Gasteiger partial charge on any atom is -0.390 e. The molecule has 2 N–H and O–H groups in total. The second-order valence-corrected chi connectivity index (χ2v) is 12.0. The third-order valence-corrected chi connectivity index (χ3v) is 9.65. The van der Waals surface area contributed by atoms with Crippen molar-refractivity contribution in [1.29, 1.82) is 0 Å². The molecule has 0 aromatic rings. The molecule has 3 heterocycles. The van der Waals surface area contributed by atoms with Crippen molar-refractivity contribution >= 4 is 11.6 Å². The number of Topliss-reactive ketones (excluding diaryl/α,β-unsaturated/α-hetero) is 2. The van der Waals surface area contributed by atoms with Gasteiger partial charge in [0.25, 0.3) is 0 Å². The van der Waals surface area contributed by atoms with Gasteiger partial charge in [-0.05, 0) is 56.4 Å². The molecule has 4 rings (SSSR count). The molecule has 0 spiro atoms. The maximum Gasteiger partial charge on any atom is 0.167 e. The molecule has 4 aliphatic rings. The Balaban J connectivity index is 1.75. The van der Waals surface area contributed by atoms with Gasteiger partial charge in [-0.3, -0.25) is 9.59 Å². The molecular formula is C28H44O6. The highest BCUT2D eigenvalue weighted by molar-refractivity contribution is 6.01. The number of hydrogen-bond acceptors (Lipinski definition) is 6. The van der Waals surface area contributed by atoms with E-state index in [0.29, 0.717) is 31.4 Å². The van der Waals surface area contributed by atoms with Gasteiger partial charge in [0.1, 0.15) is 5.60 Å². The van der Waals surface area contributed by atoms with Crippen LogP contribution < -0.4 is 0 Å². The summed E-state index contributed by atoms with van der Waals surface area (Å²) in [6.07, 6.45) is 5.64. The van der Waals surface area contributed by atoms with E-state index in [1.807, 2.05) is 6.92 Å². The molecule has 0 aromatic carbocycles. The summed E-state index contributed by atoms with van der Waals surface area (Å²) in [5.41, 5.74) is -3.96. The zero-order chi connectivity index (χ0) is 24.9. The predicted molar refractivity (Wildman–Crippen MR) is 129 cm³/mol. The Morgan fingerprint density at radius 1 is 1.18 bits per heavy atom. The van der Waals surface area contributed by atoms with Crippen LogP contribution in [0.5, 0.6) is 0 Å². The molecular weight excluding hydrogens is 432 g/mol. The summed E-state index contributed by atoms with van der Waals surface area (Å²) in [4.78, 5) is 26.9. The van der Waals surface area contributed by atoms with Gasteiger partial charge in [0.15, 0.2) is 17.2 Å². The minimum absolute atomic E-state index is 0.0545. The van der Waals surface area contributed by atoms with Crippen LogP contribution in [0.1, 0.15) is 91.9 Å².